The van der Waals surface area contributed by atoms with Gasteiger partial charge in [-0.25, -0.2) is 0 Å². The summed E-state index contributed by atoms with van der Waals surface area (Å²) >= 11 is 0. The van der Waals surface area contributed by atoms with Crippen molar-refractivity contribution in [2.24, 2.45) is 0 Å². The number of fused-ring (bicyclic) bond motifs is 1. The Labute approximate surface area is 102 Å². The van der Waals surface area contributed by atoms with Gasteiger partial charge in [0.1, 0.15) is 0 Å². The van der Waals surface area contributed by atoms with Crippen LogP contribution in [0, 0.1) is 0 Å². The molecule has 0 bridgehead atoms. The number of hydrogen-bond acceptors (Lipinski definition) is 3. The van der Waals surface area contributed by atoms with Crippen LogP contribution in [0.5, 0.6) is 0 Å². The van der Waals surface area contributed by atoms with Crippen LogP contribution in [0.1, 0.15) is 19.5 Å². The summed E-state index contributed by atoms with van der Waals surface area (Å²) in [7, 11) is 0. The van der Waals surface area contributed by atoms with Crippen molar-refractivity contribution in [2.45, 2.75) is 26.4 Å². The first-order chi connectivity index (χ1) is 8.27. The van der Waals surface area contributed by atoms with Gasteiger partial charge in [-0.3, -0.25) is 5.10 Å². The third-order valence-corrected chi connectivity index (χ3v) is 2.70. The molecular formula is C13H20N4. The number of nitrogens with one attached hydrogen (secondary N) is 3. The Morgan fingerprint density at radius 2 is 2.06 bits per heavy atom. The lowest BCUT2D eigenvalue weighted by molar-refractivity contribution is 0.554. The molecule has 2 rings (SSSR count). The summed E-state index contributed by atoms with van der Waals surface area (Å²) in [6.07, 6.45) is 0. The van der Waals surface area contributed by atoms with E-state index in [0.717, 1.165) is 30.8 Å². The molecule has 4 heteroatoms. The number of H-pyrrole nitrogens is 1. The highest BCUT2D eigenvalue weighted by Gasteiger charge is 2.02. The third-order valence-electron chi connectivity index (χ3n) is 2.70. The second-order valence-electron chi connectivity index (χ2n) is 4.50. The molecule has 1 aromatic heterocycles. The van der Waals surface area contributed by atoms with E-state index in [1.54, 1.807) is 0 Å². The van der Waals surface area contributed by atoms with Gasteiger partial charge < -0.3 is 10.6 Å². The lowest BCUT2D eigenvalue weighted by atomic mass is 10.2. The molecule has 0 aliphatic rings. The average molecular weight is 232 g/mol. The lowest BCUT2D eigenvalue weighted by Crippen LogP contribution is -2.31. The van der Waals surface area contributed by atoms with E-state index < -0.39 is 0 Å². The maximum Gasteiger partial charge on any atom is 0.0924 e. The fraction of sp³-hybridized carbons (Fsp3) is 0.462. The Hall–Kier alpha value is -1.39. The minimum absolute atomic E-state index is 0.546. The molecule has 0 fully saturated rings. The van der Waals surface area contributed by atoms with E-state index in [0.29, 0.717) is 6.04 Å². The summed E-state index contributed by atoms with van der Waals surface area (Å²) in [6.45, 7) is 7.10. The van der Waals surface area contributed by atoms with E-state index in [9.17, 15) is 0 Å². The number of para-hydroxylation sites is 1. The average Bonchev–Trinajstić information content (AvgIpc) is 2.72. The molecule has 0 radical (unpaired) electrons. The van der Waals surface area contributed by atoms with Crippen molar-refractivity contribution >= 4 is 10.9 Å². The maximum absolute atomic E-state index is 4.27. The molecule has 17 heavy (non-hydrogen) atoms. The molecule has 0 atom stereocenters. The minimum atomic E-state index is 0.546. The van der Waals surface area contributed by atoms with Crippen LogP contribution in [0.4, 0.5) is 0 Å². The van der Waals surface area contributed by atoms with Gasteiger partial charge in [0.25, 0.3) is 0 Å². The zero-order valence-electron chi connectivity index (χ0n) is 10.5. The maximum atomic E-state index is 4.27. The number of hydrogen-bond donors (Lipinski definition) is 3. The largest absolute Gasteiger partial charge is 0.313 e. The Kier molecular flexibility index (Phi) is 4.12. The first kappa shape index (κ1) is 12.1. The van der Waals surface area contributed by atoms with E-state index in [2.05, 4.69) is 40.7 Å². The zero-order valence-corrected chi connectivity index (χ0v) is 10.5. The van der Waals surface area contributed by atoms with Crippen molar-refractivity contribution in [3.63, 3.8) is 0 Å². The number of aromatic nitrogens is 2. The van der Waals surface area contributed by atoms with Crippen LogP contribution in [0.15, 0.2) is 24.3 Å². The van der Waals surface area contributed by atoms with Crippen molar-refractivity contribution in [3.05, 3.63) is 30.0 Å². The SMILES string of the molecule is CC(C)NCCNCc1[nH]nc2ccccc12. The van der Waals surface area contributed by atoms with Crippen molar-refractivity contribution in [1.82, 2.24) is 20.8 Å². The Morgan fingerprint density at radius 1 is 1.24 bits per heavy atom. The van der Waals surface area contributed by atoms with Gasteiger partial charge in [0.15, 0.2) is 0 Å². The molecule has 0 spiro atoms. The van der Waals surface area contributed by atoms with Crippen molar-refractivity contribution in [1.29, 1.82) is 0 Å². The summed E-state index contributed by atoms with van der Waals surface area (Å²) in [4.78, 5) is 0. The molecule has 0 saturated carbocycles. The normalized spacial score (nSPS) is 11.5. The minimum Gasteiger partial charge on any atom is -0.313 e. The number of rotatable bonds is 6. The van der Waals surface area contributed by atoms with Gasteiger partial charge in [-0.05, 0) is 6.07 Å². The monoisotopic (exact) mass is 232 g/mol. The number of benzene rings is 1. The molecule has 0 saturated heterocycles. The van der Waals surface area contributed by atoms with Crippen LogP contribution in [-0.4, -0.2) is 29.3 Å². The second-order valence-corrected chi connectivity index (χ2v) is 4.50. The molecule has 0 unspecified atom stereocenters. The van der Waals surface area contributed by atoms with Crippen LogP contribution >= 0.6 is 0 Å². The van der Waals surface area contributed by atoms with Crippen molar-refractivity contribution in [2.75, 3.05) is 13.1 Å². The summed E-state index contributed by atoms with van der Waals surface area (Å²) in [5, 5.41) is 15.3. The molecule has 0 amide bonds. The van der Waals surface area contributed by atoms with Gasteiger partial charge in [-0.15, -0.1) is 0 Å². The molecule has 2 aromatic rings. The highest BCUT2D eigenvalue weighted by Crippen LogP contribution is 2.14. The molecule has 0 aliphatic carbocycles. The quantitative estimate of drug-likeness (QED) is 0.664. The molecule has 1 aromatic carbocycles. The van der Waals surface area contributed by atoms with Crippen LogP contribution < -0.4 is 10.6 Å². The van der Waals surface area contributed by atoms with E-state index in [4.69, 9.17) is 0 Å². The third kappa shape index (κ3) is 3.28. The van der Waals surface area contributed by atoms with Gasteiger partial charge in [-0.1, -0.05) is 32.0 Å². The van der Waals surface area contributed by atoms with Crippen LogP contribution in [-0.2, 0) is 6.54 Å². The van der Waals surface area contributed by atoms with E-state index in [1.165, 1.54) is 5.39 Å². The fourth-order valence-corrected chi connectivity index (χ4v) is 1.81. The summed E-state index contributed by atoms with van der Waals surface area (Å²) in [5.74, 6) is 0. The Balaban J connectivity index is 1.83. The standard InChI is InChI=1S/C13H20N4/c1-10(2)15-8-7-14-9-13-11-5-3-4-6-12(11)16-17-13/h3-6,10,14-15H,7-9H2,1-2H3,(H,16,17). The van der Waals surface area contributed by atoms with Crippen molar-refractivity contribution in [3.8, 4) is 0 Å². The van der Waals surface area contributed by atoms with E-state index >= 15 is 0 Å². The van der Waals surface area contributed by atoms with E-state index in [-0.39, 0.29) is 0 Å². The lowest BCUT2D eigenvalue weighted by Gasteiger charge is -2.08. The first-order valence-electron chi connectivity index (χ1n) is 6.13. The second kappa shape index (κ2) is 5.80. The summed E-state index contributed by atoms with van der Waals surface area (Å²) < 4.78 is 0. The van der Waals surface area contributed by atoms with Crippen LogP contribution in [0.2, 0.25) is 0 Å². The molecule has 3 N–H and O–H groups in total. The number of nitrogens with zero attached hydrogens (tertiary/aromatic N) is 1. The Morgan fingerprint density at radius 3 is 2.88 bits per heavy atom. The van der Waals surface area contributed by atoms with Gasteiger partial charge in [0, 0.05) is 31.1 Å². The topological polar surface area (TPSA) is 52.7 Å². The summed E-state index contributed by atoms with van der Waals surface area (Å²) in [6, 6.07) is 8.72. The van der Waals surface area contributed by atoms with Gasteiger partial charge in [0.2, 0.25) is 0 Å². The van der Waals surface area contributed by atoms with E-state index in [1.807, 2.05) is 18.2 Å². The molecule has 4 nitrogen and oxygen atoms in total. The number of aromatic amines is 1. The summed E-state index contributed by atoms with van der Waals surface area (Å²) in [5.41, 5.74) is 2.19. The first-order valence-corrected chi connectivity index (χ1v) is 6.13. The molecule has 92 valence electrons. The molecular weight excluding hydrogens is 212 g/mol. The zero-order chi connectivity index (χ0) is 12.1. The van der Waals surface area contributed by atoms with Crippen LogP contribution in [0.3, 0.4) is 0 Å². The highest BCUT2D eigenvalue weighted by atomic mass is 15.1. The van der Waals surface area contributed by atoms with Gasteiger partial charge in [-0.2, -0.15) is 5.10 Å². The molecule has 0 aliphatic heterocycles. The fourth-order valence-electron chi connectivity index (χ4n) is 1.81. The predicted octanol–water partition coefficient (Wildman–Crippen LogP) is 1.65. The predicted molar refractivity (Wildman–Crippen MR) is 70.9 cm³/mol. The molecule has 1 heterocycles. The smallest absolute Gasteiger partial charge is 0.0924 e. The van der Waals surface area contributed by atoms with Crippen LogP contribution in [0.25, 0.3) is 10.9 Å². The Bertz CT molecular complexity index is 461. The van der Waals surface area contributed by atoms with Gasteiger partial charge >= 0.3 is 0 Å². The van der Waals surface area contributed by atoms with Crippen molar-refractivity contribution < 1.29 is 0 Å². The highest BCUT2D eigenvalue weighted by molar-refractivity contribution is 5.80. The van der Waals surface area contributed by atoms with Gasteiger partial charge in [0.05, 0.1) is 11.2 Å².